The Kier molecular flexibility index (Phi) is 8.88. The number of aromatic nitrogens is 3. The van der Waals surface area contributed by atoms with Crippen LogP contribution in [0.2, 0.25) is 19.6 Å². The van der Waals surface area contributed by atoms with Crippen molar-refractivity contribution in [2.75, 3.05) is 0 Å². The number of aryl methyl sites for hydroxylation is 1. The number of hydrogen-bond donors (Lipinski definition) is 0. The van der Waals surface area contributed by atoms with Crippen LogP contribution < -0.4 is 14.3 Å². The van der Waals surface area contributed by atoms with E-state index < -0.39 is 8.07 Å². The normalized spacial score (nSPS) is 17.9. The van der Waals surface area contributed by atoms with Crippen molar-refractivity contribution in [1.29, 1.82) is 0 Å². The predicted molar refractivity (Wildman–Crippen MR) is 224 cm³/mol. The summed E-state index contributed by atoms with van der Waals surface area (Å²) in [5.41, 5.74) is 14.5. The third-order valence-corrected chi connectivity index (χ3v) is 14.5. The second kappa shape index (κ2) is 13.2. The van der Waals surface area contributed by atoms with E-state index in [1.54, 1.807) is 5.19 Å². The third-order valence-electron chi connectivity index (χ3n) is 12.5. The Bertz CT molecular complexity index is 2410. The Labute approximate surface area is 317 Å². The Balaban J connectivity index is 1.38. The molecule has 0 fully saturated rings. The average Bonchev–Trinajstić information content (AvgIpc) is 3.50. The van der Waals surface area contributed by atoms with E-state index in [0.717, 1.165) is 52.7 Å². The minimum Gasteiger partial charge on any atom is -0.437 e. The van der Waals surface area contributed by atoms with Gasteiger partial charge in [0.15, 0.2) is 29.7 Å². The first-order chi connectivity index (χ1) is 25.2. The van der Waals surface area contributed by atoms with Gasteiger partial charge >= 0.3 is 0 Å². The van der Waals surface area contributed by atoms with Gasteiger partial charge in [-0.1, -0.05) is 98.4 Å². The molecule has 0 radical (unpaired) electrons. The molecular formula is C48H57N3OSi+2. The topological polar surface area (TPSA) is 33.8 Å². The highest BCUT2D eigenvalue weighted by atomic mass is 28.3. The molecule has 53 heavy (non-hydrogen) atoms. The van der Waals surface area contributed by atoms with E-state index in [2.05, 4.69) is 156 Å². The summed E-state index contributed by atoms with van der Waals surface area (Å²) in [7, 11) is -1.65. The van der Waals surface area contributed by atoms with Gasteiger partial charge in [-0.25, -0.2) is 4.98 Å². The van der Waals surface area contributed by atoms with Crippen molar-refractivity contribution in [3.8, 4) is 22.5 Å². The summed E-state index contributed by atoms with van der Waals surface area (Å²) in [6.07, 6.45) is 7.70. The summed E-state index contributed by atoms with van der Waals surface area (Å²) in [4.78, 5) is 5.03. The van der Waals surface area contributed by atoms with Gasteiger partial charge in [-0.05, 0) is 83.5 Å². The van der Waals surface area contributed by atoms with Crippen molar-refractivity contribution in [1.82, 2.24) is 4.98 Å². The molecule has 4 nitrogen and oxygen atoms in total. The predicted octanol–water partition coefficient (Wildman–Crippen LogP) is 11.6. The number of allylic oxidation sites excluding steroid dienone is 1. The van der Waals surface area contributed by atoms with E-state index in [9.17, 15) is 0 Å². The molecule has 8 rings (SSSR count). The molecule has 0 spiro atoms. The number of benzene rings is 2. The number of nitrogens with zero attached hydrogens (tertiary/aromatic N) is 3. The molecule has 6 aromatic rings. The van der Waals surface area contributed by atoms with Crippen LogP contribution in [0.3, 0.4) is 0 Å². The Morgan fingerprint density at radius 1 is 0.849 bits per heavy atom. The van der Waals surface area contributed by atoms with Gasteiger partial charge < -0.3 is 4.42 Å². The molecular weight excluding hydrogens is 663 g/mol. The van der Waals surface area contributed by atoms with Crippen molar-refractivity contribution in [3.05, 3.63) is 114 Å². The molecule has 4 aromatic heterocycles. The zero-order valence-electron chi connectivity index (χ0n) is 33.5. The lowest BCUT2D eigenvalue weighted by molar-refractivity contribution is -0.719. The maximum absolute atomic E-state index is 6.88. The summed E-state index contributed by atoms with van der Waals surface area (Å²) in [6, 6.07) is 25.8. The SMILES string of the molecule is C=C1CC2C(CCc3ccc4c(oc5nc(C(C)C)ccc54)c3-c3cc(C(C)C(C)C)cc[n+]31)c1ccccc1-c1cc(C(C)C)c([Si](C)(C)C)c[n+]12. The lowest BCUT2D eigenvalue weighted by Crippen LogP contribution is -2.54. The summed E-state index contributed by atoms with van der Waals surface area (Å²) in [5, 5.41) is 3.78. The summed E-state index contributed by atoms with van der Waals surface area (Å²) in [6.45, 7) is 28.5. The highest BCUT2D eigenvalue weighted by molar-refractivity contribution is 6.89. The van der Waals surface area contributed by atoms with Gasteiger partial charge in [0.2, 0.25) is 17.1 Å². The van der Waals surface area contributed by atoms with Crippen LogP contribution in [0.5, 0.6) is 0 Å². The number of fused-ring (bicyclic) bond motifs is 13. The number of rotatable bonds is 5. The number of hydrogen-bond acceptors (Lipinski definition) is 2. The van der Waals surface area contributed by atoms with E-state index in [4.69, 9.17) is 16.0 Å². The van der Waals surface area contributed by atoms with Gasteiger partial charge in [0.1, 0.15) is 0 Å². The standard InChI is InChI=1S/C48H57N3OSi/c1-28(2)32(8)34-22-23-50-31(7)24-42-37(35-14-12-13-15-36(35)43-26-40(29(3)4)45(27-51(42)43)53(9,10)11)18-16-33-17-19-38-39-20-21-41(30(5)6)49-48(39)52-47(38)46(33)44(50)25-34/h12-15,17,19-23,25-30,32,37,42H,7,16,18,24H2,1-6,8-11H3/q+2. The largest absolute Gasteiger partial charge is 0.437 e. The molecule has 0 aliphatic carbocycles. The molecule has 0 saturated heterocycles. The summed E-state index contributed by atoms with van der Waals surface area (Å²) < 4.78 is 11.9. The third kappa shape index (κ3) is 6.00. The Morgan fingerprint density at radius 2 is 1.60 bits per heavy atom. The fourth-order valence-corrected chi connectivity index (χ4v) is 10.9. The minimum atomic E-state index is -1.65. The molecule has 2 aliphatic rings. The van der Waals surface area contributed by atoms with Gasteiger partial charge in [-0.15, -0.1) is 0 Å². The van der Waals surface area contributed by atoms with Crippen LogP contribution in [0.1, 0.15) is 119 Å². The Hall–Kier alpha value is -4.35. The quantitative estimate of drug-likeness (QED) is 0.131. The molecule has 0 saturated carbocycles. The number of pyridine rings is 3. The first kappa shape index (κ1) is 35.7. The van der Waals surface area contributed by atoms with Gasteiger partial charge in [0.25, 0.3) is 0 Å². The molecule has 0 N–H and O–H groups in total. The molecule has 6 heterocycles. The zero-order chi connectivity index (χ0) is 37.5. The fourth-order valence-electron chi connectivity index (χ4n) is 9.11. The van der Waals surface area contributed by atoms with Crippen LogP contribution in [0.15, 0.2) is 90.1 Å². The number of furan rings is 1. The lowest BCUT2D eigenvalue weighted by atomic mass is 9.77. The summed E-state index contributed by atoms with van der Waals surface area (Å²) >= 11 is 0. The fraction of sp³-hybridized carbons (Fsp3) is 0.396. The monoisotopic (exact) mass is 719 g/mol. The molecule has 272 valence electrons. The zero-order valence-corrected chi connectivity index (χ0v) is 34.5. The van der Waals surface area contributed by atoms with Crippen molar-refractivity contribution in [3.63, 3.8) is 0 Å². The van der Waals surface area contributed by atoms with Gasteiger partial charge in [-0.3, -0.25) is 0 Å². The van der Waals surface area contributed by atoms with Gasteiger partial charge in [-0.2, -0.15) is 9.13 Å². The smallest absolute Gasteiger partial charge is 0.227 e. The van der Waals surface area contributed by atoms with Crippen molar-refractivity contribution in [2.24, 2.45) is 5.92 Å². The molecule has 2 aliphatic heterocycles. The molecule has 3 atom stereocenters. The first-order valence-electron chi connectivity index (χ1n) is 20.0. The second-order valence-electron chi connectivity index (χ2n) is 18.0. The molecule has 2 aromatic carbocycles. The van der Waals surface area contributed by atoms with Gasteiger partial charge in [0.05, 0.1) is 20.1 Å². The van der Waals surface area contributed by atoms with Crippen LogP contribution in [0.25, 0.3) is 50.3 Å². The van der Waals surface area contributed by atoms with Gasteiger partial charge in [0, 0.05) is 51.3 Å². The highest BCUT2D eigenvalue weighted by Gasteiger charge is 2.44. The maximum atomic E-state index is 6.88. The summed E-state index contributed by atoms with van der Waals surface area (Å²) in [5.74, 6) is 2.06. The second-order valence-corrected chi connectivity index (χ2v) is 23.0. The van der Waals surface area contributed by atoms with Crippen LogP contribution in [0, 0.1) is 5.92 Å². The molecule has 3 unspecified atom stereocenters. The lowest BCUT2D eigenvalue weighted by Gasteiger charge is -2.33. The Morgan fingerprint density at radius 3 is 2.32 bits per heavy atom. The van der Waals surface area contributed by atoms with E-state index in [1.807, 2.05) is 0 Å². The van der Waals surface area contributed by atoms with Crippen LogP contribution in [-0.4, -0.2) is 13.1 Å². The van der Waals surface area contributed by atoms with E-state index in [1.165, 1.54) is 44.8 Å². The molecule has 0 amide bonds. The molecule has 0 bridgehead atoms. The van der Waals surface area contributed by atoms with E-state index in [0.29, 0.717) is 29.6 Å². The van der Waals surface area contributed by atoms with Crippen molar-refractivity contribution in [2.45, 2.75) is 117 Å². The minimum absolute atomic E-state index is 0.244. The maximum Gasteiger partial charge on any atom is 0.227 e. The van der Waals surface area contributed by atoms with Crippen molar-refractivity contribution >= 4 is 41.0 Å². The van der Waals surface area contributed by atoms with Crippen molar-refractivity contribution < 1.29 is 13.6 Å². The van der Waals surface area contributed by atoms with Crippen LogP contribution in [0.4, 0.5) is 0 Å². The first-order valence-corrected chi connectivity index (χ1v) is 23.5. The highest BCUT2D eigenvalue weighted by Crippen LogP contribution is 2.46. The van der Waals surface area contributed by atoms with E-state index >= 15 is 0 Å². The van der Waals surface area contributed by atoms with Crippen LogP contribution >= 0.6 is 0 Å². The van der Waals surface area contributed by atoms with E-state index in [-0.39, 0.29) is 6.04 Å². The molecule has 5 heteroatoms. The van der Waals surface area contributed by atoms with Crippen LogP contribution in [-0.2, 0) is 6.42 Å². The average molecular weight is 720 g/mol.